The van der Waals surface area contributed by atoms with Crippen LogP contribution in [0.25, 0.3) is 93.9 Å². The van der Waals surface area contributed by atoms with Crippen molar-refractivity contribution in [1.29, 1.82) is 0 Å². The van der Waals surface area contributed by atoms with Crippen molar-refractivity contribution in [3.63, 3.8) is 0 Å². The van der Waals surface area contributed by atoms with Gasteiger partial charge in [-0.1, -0.05) is 166 Å². The molecule has 13 rings (SSSR count). The predicted molar refractivity (Wildman–Crippen MR) is 277 cm³/mol. The molecule has 312 valence electrons. The highest BCUT2D eigenvalue weighted by molar-refractivity contribution is 6.23. The van der Waals surface area contributed by atoms with E-state index in [-0.39, 0.29) is 5.41 Å². The molecule has 0 amide bonds. The average molecular weight is 845 g/mol. The zero-order valence-corrected chi connectivity index (χ0v) is 36.7. The van der Waals surface area contributed by atoms with Gasteiger partial charge in [-0.05, 0) is 134 Å². The summed E-state index contributed by atoms with van der Waals surface area (Å²) in [6, 6.07) is 83.8. The van der Waals surface area contributed by atoms with Gasteiger partial charge >= 0.3 is 0 Å². The lowest BCUT2D eigenvalue weighted by molar-refractivity contribution is 0.660. The molecule has 0 N–H and O–H groups in total. The number of hydrogen-bond donors (Lipinski definition) is 0. The monoisotopic (exact) mass is 844 g/mol. The van der Waals surface area contributed by atoms with Gasteiger partial charge in [0, 0.05) is 44.3 Å². The van der Waals surface area contributed by atoms with Gasteiger partial charge in [-0.25, -0.2) is 0 Å². The minimum atomic E-state index is -0.159. The summed E-state index contributed by atoms with van der Waals surface area (Å²) in [5.74, 6) is 0. The van der Waals surface area contributed by atoms with E-state index in [1.807, 2.05) is 6.07 Å². The summed E-state index contributed by atoms with van der Waals surface area (Å²) in [5, 5.41) is 4.62. The molecule has 0 spiro atoms. The molecule has 0 bridgehead atoms. The second-order valence-electron chi connectivity index (χ2n) is 18.1. The third-order valence-electron chi connectivity index (χ3n) is 14.0. The van der Waals surface area contributed by atoms with Crippen molar-refractivity contribution in [3.05, 3.63) is 242 Å². The zero-order chi connectivity index (χ0) is 43.9. The van der Waals surface area contributed by atoms with Crippen molar-refractivity contribution in [3.8, 4) is 50.2 Å². The van der Waals surface area contributed by atoms with Gasteiger partial charge in [0.25, 0.3) is 0 Å². The fourth-order valence-electron chi connectivity index (χ4n) is 10.7. The number of benzene rings is 10. The van der Waals surface area contributed by atoms with E-state index in [4.69, 9.17) is 4.42 Å². The number of fused-ring (bicyclic) bond motifs is 10. The van der Waals surface area contributed by atoms with E-state index in [1.165, 1.54) is 49.9 Å². The molecular formula is C63H44N2O. The Morgan fingerprint density at radius 1 is 0.379 bits per heavy atom. The van der Waals surface area contributed by atoms with Gasteiger partial charge in [0.15, 0.2) is 0 Å². The quantitative estimate of drug-likeness (QED) is 0.159. The van der Waals surface area contributed by atoms with Crippen LogP contribution < -0.4 is 4.90 Å². The van der Waals surface area contributed by atoms with Crippen molar-refractivity contribution in [2.75, 3.05) is 4.90 Å². The van der Waals surface area contributed by atoms with Gasteiger partial charge in [0.1, 0.15) is 11.2 Å². The molecule has 3 nitrogen and oxygen atoms in total. The van der Waals surface area contributed by atoms with E-state index in [0.29, 0.717) is 0 Å². The summed E-state index contributed by atoms with van der Waals surface area (Å²) in [7, 11) is 0. The summed E-state index contributed by atoms with van der Waals surface area (Å²) in [6.45, 7) is 4.73. The Kier molecular flexibility index (Phi) is 8.56. The van der Waals surface area contributed by atoms with Crippen molar-refractivity contribution in [2.45, 2.75) is 19.3 Å². The molecule has 1 aliphatic rings. The van der Waals surface area contributed by atoms with E-state index in [9.17, 15) is 0 Å². The fourth-order valence-corrected chi connectivity index (χ4v) is 10.7. The maximum Gasteiger partial charge on any atom is 0.145 e. The van der Waals surface area contributed by atoms with Crippen molar-refractivity contribution in [2.24, 2.45) is 0 Å². The number of nitrogens with zero attached hydrogens (tertiary/aromatic N) is 2. The molecule has 3 heteroatoms. The second kappa shape index (κ2) is 14.8. The molecule has 1 aliphatic carbocycles. The minimum absolute atomic E-state index is 0.159. The van der Waals surface area contributed by atoms with Crippen molar-refractivity contribution >= 4 is 60.8 Å². The molecule has 0 fully saturated rings. The normalized spacial score (nSPS) is 12.8. The topological polar surface area (TPSA) is 21.3 Å². The van der Waals surface area contributed by atoms with Crippen LogP contribution >= 0.6 is 0 Å². The van der Waals surface area contributed by atoms with Gasteiger partial charge in [0.2, 0.25) is 0 Å². The van der Waals surface area contributed by atoms with Gasteiger partial charge in [-0.3, -0.25) is 0 Å². The molecule has 66 heavy (non-hydrogen) atoms. The first-order valence-corrected chi connectivity index (χ1v) is 22.8. The molecule has 0 atom stereocenters. The average Bonchev–Trinajstić information content (AvgIpc) is 4.00. The van der Waals surface area contributed by atoms with E-state index in [2.05, 4.69) is 248 Å². The van der Waals surface area contributed by atoms with Crippen LogP contribution in [-0.2, 0) is 5.41 Å². The first-order valence-electron chi connectivity index (χ1n) is 22.8. The Hall–Kier alpha value is -8.40. The van der Waals surface area contributed by atoms with Gasteiger partial charge in [-0.15, -0.1) is 0 Å². The first-order chi connectivity index (χ1) is 32.5. The SMILES string of the molecule is CC1(C)c2ccc(-c3ccccc3)cc2-c2ccc(N(c3ccc(-c4ccccc4)cc3)c3ccc(-c4ccc(-n5c6ccccc6c6c7oc8ccccc8c7ccc65)cc4)cc3)cc21. The largest absolute Gasteiger partial charge is 0.455 e. The van der Waals surface area contributed by atoms with E-state index in [1.54, 1.807) is 0 Å². The number of rotatable bonds is 7. The highest BCUT2D eigenvalue weighted by Crippen LogP contribution is 2.52. The Morgan fingerprint density at radius 3 is 1.61 bits per heavy atom. The number of hydrogen-bond acceptors (Lipinski definition) is 2. The lowest BCUT2D eigenvalue weighted by Crippen LogP contribution is -2.16. The minimum Gasteiger partial charge on any atom is -0.455 e. The summed E-state index contributed by atoms with van der Waals surface area (Å²) < 4.78 is 8.91. The molecule has 2 aromatic heterocycles. The zero-order valence-electron chi connectivity index (χ0n) is 36.7. The molecule has 12 aromatic rings. The van der Waals surface area contributed by atoms with Gasteiger partial charge < -0.3 is 13.9 Å². The third kappa shape index (κ3) is 5.97. The predicted octanol–water partition coefficient (Wildman–Crippen LogP) is 17.5. The molecule has 0 aliphatic heterocycles. The van der Waals surface area contributed by atoms with Gasteiger partial charge in [-0.2, -0.15) is 0 Å². The first kappa shape index (κ1) is 38.1. The highest BCUT2D eigenvalue weighted by atomic mass is 16.3. The van der Waals surface area contributed by atoms with Crippen LogP contribution in [-0.4, -0.2) is 4.57 Å². The van der Waals surface area contributed by atoms with E-state index < -0.39 is 0 Å². The van der Waals surface area contributed by atoms with Crippen molar-refractivity contribution < 1.29 is 4.42 Å². The van der Waals surface area contributed by atoms with E-state index >= 15 is 0 Å². The fraction of sp³-hybridized carbons (Fsp3) is 0.0476. The summed E-state index contributed by atoms with van der Waals surface area (Å²) in [4.78, 5) is 2.40. The van der Waals surface area contributed by atoms with Crippen LogP contribution in [0, 0.1) is 0 Å². The Morgan fingerprint density at radius 2 is 0.924 bits per heavy atom. The van der Waals surface area contributed by atoms with Crippen LogP contribution in [0.1, 0.15) is 25.0 Å². The summed E-state index contributed by atoms with van der Waals surface area (Å²) in [5.41, 5.74) is 21.0. The Bertz CT molecular complexity index is 3800. The molecule has 10 aromatic carbocycles. The maximum atomic E-state index is 6.55. The number of furan rings is 1. The molecule has 0 radical (unpaired) electrons. The lowest BCUT2D eigenvalue weighted by Gasteiger charge is -2.28. The molecule has 0 unspecified atom stereocenters. The second-order valence-corrected chi connectivity index (χ2v) is 18.1. The van der Waals surface area contributed by atoms with Crippen LogP contribution in [0.5, 0.6) is 0 Å². The Labute approximate surface area is 384 Å². The standard InChI is InChI=1S/C63H44N2O/c1-63(2)56-37-27-46(42-15-7-4-8-16-42)39-55(56)51-35-34-50(40-57(51)63)64(47-28-21-43(22-29-47)41-13-5-3-6-14-41)48-30-23-44(24-31-48)45-25-32-49(33-26-45)65-58-19-11-9-18-54(58)61-59(65)38-36-53-52-17-10-12-20-60(52)66-62(53)61/h3-40H,1-2H3. The third-order valence-corrected chi connectivity index (χ3v) is 14.0. The van der Waals surface area contributed by atoms with Crippen LogP contribution in [0.2, 0.25) is 0 Å². The summed E-state index contributed by atoms with van der Waals surface area (Å²) >= 11 is 0. The molecule has 2 heterocycles. The lowest BCUT2D eigenvalue weighted by atomic mass is 9.82. The van der Waals surface area contributed by atoms with Gasteiger partial charge in [0.05, 0.1) is 16.4 Å². The Balaban J connectivity index is 0.872. The highest BCUT2D eigenvalue weighted by Gasteiger charge is 2.36. The number of para-hydroxylation sites is 2. The molecule has 0 saturated carbocycles. The van der Waals surface area contributed by atoms with Crippen LogP contribution in [0.15, 0.2) is 235 Å². The summed E-state index contributed by atoms with van der Waals surface area (Å²) in [6.07, 6.45) is 0. The number of anilines is 3. The van der Waals surface area contributed by atoms with Crippen molar-refractivity contribution in [1.82, 2.24) is 4.57 Å². The van der Waals surface area contributed by atoms with Crippen LogP contribution in [0.4, 0.5) is 17.1 Å². The molecule has 0 saturated heterocycles. The maximum absolute atomic E-state index is 6.55. The van der Waals surface area contributed by atoms with Crippen LogP contribution in [0.3, 0.4) is 0 Å². The smallest absolute Gasteiger partial charge is 0.145 e. The number of aromatic nitrogens is 1. The van der Waals surface area contributed by atoms with E-state index in [0.717, 1.165) is 72.2 Å². The molecular weight excluding hydrogens is 801 g/mol.